The lowest BCUT2D eigenvalue weighted by atomic mass is 9.95. The van der Waals surface area contributed by atoms with Crippen LogP contribution in [0, 0.1) is 25.7 Å². The van der Waals surface area contributed by atoms with Crippen LogP contribution in [-0.4, -0.2) is 27.0 Å². The predicted molar refractivity (Wildman–Crippen MR) is 99.6 cm³/mol. The van der Waals surface area contributed by atoms with Gasteiger partial charge < -0.3 is 5.11 Å². The van der Waals surface area contributed by atoms with Crippen molar-refractivity contribution in [1.82, 2.24) is 9.55 Å². The maximum Gasteiger partial charge on any atom is 0.329 e. The SMILES string of the molecule is Cc1cc(C)cc(C(=O)c2c(C(C)C)c(=O)[nH]c(=O)n2CC#CCO)c1. The average Bonchev–Trinajstić information content (AvgIpc) is 2.54. The Morgan fingerprint density at radius 2 is 1.77 bits per heavy atom. The number of hydrogen-bond acceptors (Lipinski definition) is 4. The van der Waals surface area contributed by atoms with Crippen molar-refractivity contribution < 1.29 is 9.90 Å². The molecule has 0 spiro atoms. The molecule has 0 radical (unpaired) electrons. The number of benzene rings is 1. The van der Waals surface area contributed by atoms with Gasteiger partial charge in [-0.05, 0) is 31.9 Å². The Bertz CT molecular complexity index is 997. The molecule has 1 aromatic carbocycles. The molecule has 1 heterocycles. The van der Waals surface area contributed by atoms with Crippen LogP contribution in [0.2, 0.25) is 0 Å². The van der Waals surface area contributed by atoms with Gasteiger partial charge in [0, 0.05) is 11.1 Å². The van der Waals surface area contributed by atoms with Gasteiger partial charge in [0.1, 0.15) is 12.3 Å². The number of rotatable bonds is 4. The summed E-state index contributed by atoms with van der Waals surface area (Å²) in [6.45, 7) is 6.89. The van der Waals surface area contributed by atoms with E-state index in [-0.39, 0.29) is 30.3 Å². The fourth-order valence-corrected chi connectivity index (χ4v) is 2.95. The number of aliphatic hydroxyl groups is 1. The lowest BCUT2D eigenvalue weighted by molar-refractivity contribution is 0.102. The fraction of sp³-hybridized carbons (Fsp3) is 0.350. The van der Waals surface area contributed by atoms with Gasteiger partial charge in [-0.2, -0.15) is 0 Å². The molecule has 2 rings (SSSR count). The van der Waals surface area contributed by atoms with Gasteiger partial charge in [-0.1, -0.05) is 42.9 Å². The highest BCUT2D eigenvalue weighted by Gasteiger charge is 2.24. The molecule has 6 nitrogen and oxygen atoms in total. The van der Waals surface area contributed by atoms with E-state index in [0.29, 0.717) is 5.56 Å². The fourth-order valence-electron chi connectivity index (χ4n) is 2.95. The maximum atomic E-state index is 13.2. The molecular weight excluding hydrogens is 332 g/mol. The number of aliphatic hydroxyl groups excluding tert-OH is 1. The Labute approximate surface area is 151 Å². The van der Waals surface area contributed by atoms with Crippen molar-refractivity contribution in [2.45, 2.75) is 40.2 Å². The molecule has 0 amide bonds. The van der Waals surface area contributed by atoms with Crippen LogP contribution in [0.3, 0.4) is 0 Å². The molecule has 0 saturated carbocycles. The summed E-state index contributed by atoms with van der Waals surface area (Å²) in [5.74, 6) is 4.43. The molecule has 2 aromatic rings. The summed E-state index contributed by atoms with van der Waals surface area (Å²) >= 11 is 0. The van der Waals surface area contributed by atoms with Gasteiger partial charge >= 0.3 is 5.69 Å². The summed E-state index contributed by atoms with van der Waals surface area (Å²) in [6, 6.07) is 5.40. The number of aromatic nitrogens is 2. The van der Waals surface area contributed by atoms with Crippen molar-refractivity contribution in [3.8, 4) is 11.8 Å². The highest BCUT2D eigenvalue weighted by atomic mass is 16.2. The van der Waals surface area contributed by atoms with Crippen molar-refractivity contribution in [2.75, 3.05) is 6.61 Å². The lowest BCUT2D eigenvalue weighted by Gasteiger charge is -2.16. The molecule has 1 aromatic heterocycles. The Morgan fingerprint density at radius 3 is 2.31 bits per heavy atom. The summed E-state index contributed by atoms with van der Waals surface area (Å²) < 4.78 is 1.17. The first-order valence-electron chi connectivity index (χ1n) is 8.32. The third-order valence-electron chi connectivity index (χ3n) is 3.95. The minimum absolute atomic E-state index is 0.0472. The zero-order chi connectivity index (χ0) is 19.4. The van der Waals surface area contributed by atoms with Gasteiger partial charge in [-0.3, -0.25) is 19.1 Å². The van der Waals surface area contributed by atoms with Crippen molar-refractivity contribution >= 4 is 5.78 Å². The third-order valence-corrected chi connectivity index (χ3v) is 3.95. The molecular formula is C20H22N2O4. The molecule has 0 bridgehead atoms. The highest BCUT2D eigenvalue weighted by molar-refractivity contribution is 6.09. The van der Waals surface area contributed by atoms with Crippen molar-refractivity contribution in [3.63, 3.8) is 0 Å². The topological polar surface area (TPSA) is 92.2 Å². The Balaban J connectivity index is 2.80. The first-order valence-corrected chi connectivity index (χ1v) is 8.32. The van der Waals surface area contributed by atoms with E-state index < -0.39 is 17.0 Å². The van der Waals surface area contributed by atoms with E-state index in [1.165, 1.54) is 4.57 Å². The Hall–Kier alpha value is -2.91. The molecule has 0 aliphatic carbocycles. The molecule has 0 fully saturated rings. The van der Waals surface area contributed by atoms with Gasteiger partial charge in [0.2, 0.25) is 5.78 Å². The summed E-state index contributed by atoms with van der Waals surface area (Å²) in [5.41, 5.74) is 1.28. The number of carbonyl (C=O) groups is 1. The minimum Gasteiger partial charge on any atom is -0.384 e. The molecule has 0 aliphatic heterocycles. The normalized spacial score (nSPS) is 10.5. The van der Waals surface area contributed by atoms with Gasteiger partial charge in [-0.15, -0.1) is 0 Å². The quantitative estimate of drug-likeness (QED) is 0.643. The number of carbonyl (C=O) groups excluding carboxylic acids is 1. The monoisotopic (exact) mass is 354 g/mol. The minimum atomic E-state index is -0.695. The maximum absolute atomic E-state index is 13.2. The number of aryl methyl sites for hydroxylation is 2. The van der Waals surface area contributed by atoms with E-state index in [4.69, 9.17) is 5.11 Å². The van der Waals surface area contributed by atoms with Gasteiger partial charge in [-0.25, -0.2) is 4.79 Å². The van der Waals surface area contributed by atoms with Crippen LogP contribution in [0.25, 0.3) is 0 Å². The number of H-pyrrole nitrogens is 1. The average molecular weight is 354 g/mol. The summed E-state index contributed by atoms with van der Waals surface area (Å²) in [4.78, 5) is 40.2. The second kappa shape index (κ2) is 7.98. The number of aromatic amines is 1. The van der Waals surface area contributed by atoms with Crippen LogP contribution in [0.5, 0.6) is 0 Å². The Morgan fingerprint density at radius 1 is 1.15 bits per heavy atom. The van der Waals surface area contributed by atoms with E-state index >= 15 is 0 Å². The highest BCUT2D eigenvalue weighted by Crippen LogP contribution is 2.19. The number of nitrogens with one attached hydrogen (secondary N) is 1. The molecule has 136 valence electrons. The number of ketones is 1. The van der Waals surface area contributed by atoms with Crippen molar-refractivity contribution in [2.24, 2.45) is 0 Å². The standard InChI is InChI=1S/C20H22N2O4/c1-12(2)16-17(18(24)15-10-13(3)9-14(4)11-15)22(7-5-6-8-23)20(26)21-19(16)25/h9-12,23H,7-8H2,1-4H3,(H,21,25,26). The number of nitrogens with zero attached hydrogens (tertiary/aromatic N) is 1. The van der Waals surface area contributed by atoms with Crippen LogP contribution in [-0.2, 0) is 6.54 Å². The van der Waals surface area contributed by atoms with E-state index in [1.807, 2.05) is 19.9 Å². The van der Waals surface area contributed by atoms with E-state index in [0.717, 1.165) is 11.1 Å². The van der Waals surface area contributed by atoms with Crippen molar-refractivity contribution in [1.29, 1.82) is 0 Å². The smallest absolute Gasteiger partial charge is 0.329 e. The molecule has 6 heteroatoms. The molecule has 2 N–H and O–H groups in total. The second-order valence-electron chi connectivity index (χ2n) is 6.48. The van der Waals surface area contributed by atoms with Gasteiger partial charge in [0.05, 0.1) is 6.54 Å². The molecule has 0 aliphatic rings. The summed E-state index contributed by atoms with van der Waals surface area (Å²) in [6.07, 6.45) is 0. The molecule has 26 heavy (non-hydrogen) atoms. The summed E-state index contributed by atoms with van der Waals surface area (Å²) in [5, 5.41) is 8.83. The molecule has 0 saturated heterocycles. The van der Waals surface area contributed by atoms with E-state index in [9.17, 15) is 14.4 Å². The lowest BCUT2D eigenvalue weighted by Crippen LogP contribution is -2.37. The van der Waals surface area contributed by atoms with E-state index in [1.54, 1.807) is 26.0 Å². The predicted octanol–water partition coefficient (Wildman–Crippen LogP) is 1.50. The van der Waals surface area contributed by atoms with Gasteiger partial charge in [0.25, 0.3) is 5.56 Å². The van der Waals surface area contributed by atoms with Crippen LogP contribution in [0.15, 0.2) is 27.8 Å². The van der Waals surface area contributed by atoms with Crippen LogP contribution in [0.4, 0.5) is 0 Å². The second-order valence-corrected chi connectivity index (χ2v) is 6.48. The van der Waals surface area contributed by atoms with Crippen LogP contribution in [0.1, 0.15) is 52.5 Å². The largest absolute Gasteiger partial charge is 0.384 e. The first kappa shape index (κ1) is 19.4. The third kappa shape index (κ3) is 4.01. The van der Waals surface area contributed by atoms with Crippen LogP contribution < -0.4 is 11.2 Å². The first-order chi connectivity index (χ1) is 12.3. The van der Waals surface area contributed by atoms with E-state index in [2.05, 4.69) is 16.8 Å². The summed E-state index contributed by atoms with van der Waals surface area (Å²) in [7, 11) is 0. The Kier molecular flexibility index (Phi) is 5.96. The number of hydrogen-bond donors (Lipinski definition) is 2. The van der Waals surface area contributed by atoms with Crippen molar-refractivity contribution in [3.05, 3.63) is 67.0 Å². The molecule has 0 atom stereocenters. The zero-order valence-electron chi connectivity index (χ0n) is 15.3. The van der Waals surface area contributed by atoms with Gasteiger partial charge in [0.15, 0.2) is 0 Å². The van der Waals surface area contributed by atoms with Crippen LogP contribution >= 0.6 is 0 Å². The molecule has 0 unspecified atom stereocenters. The zero-order valence-corrected chi connectivity index (χ0v) is 15.3.